The number of amides is 1. The Morgan fingerprint density at radius 1 is 1.44 bits per heavy atom. The van der Waals surface area contributed by atoms with E-state index in [4.69, 9.17) is 5.73 Å². The summed E-state index contributed by atoms with van der Waals surface area (Å²) in [4.78, 5) is 10.0. The van der Waals surface area contributed by atoms with Crippen LogP contribution < -0.4 is 5.73 Å². The maximum atomic E-state index is 10.0. The van der Waals surface area contributed by atoms with E-state index in [1.54, 1.807) is 20.8 Å². The third-order valence-corrected chi connectivity index (χ3v) is 0.407. The van der Waals surface area contributed by atoms with Gasteiger partial charge in [0.1, 0.15) is 5.60 Å². The van der Waals surface area contributed by atoms with Crippen molar-refractivity contribution < 1.29 is 9.53 Å². The van der Waals surface area contributed by atoms with E-state index in [0.717, 1.165) is 0 Å². The van der Waals surface area contributed by atoms with E-state index in [1.807, 2.05) is 0 Å². The molecule has 0 unspecified atom stereocenters. The highest BCUT2D eigenvalue weighted by atomic mass is 79.9. The monoisotopic (exact) mass is 197 g/mol. The van der Waals surface area contributed by atoms with Gasteiger partial charge in [-0.15, -0.1) is 17.0 Å². The van der Waals surface area contributed by atoms with Crippen molar-refractivity contribution in [1.82, 2.24) is 0 Å². The second-order valence-corrected chi connectivity index (χ2v) is 2.53. The van der Waals surface area contributed by atoms with E-state index < -0.39 is 11.7 Å². The van der Waals surface area contributed by atoms with Crippen molar-refractivity contribution >= 4 is 23.1 Å². The number of hydrogen-bond acceptors (Lipinski definition) is 2. The minimum absolute atomic E-state index is 0. The van der Waals surface area contributed by atoms with Gasteiger partial charge in [-0.1, -0.05) is 0 Å². The van der Waals surface area contributed by atoms with Crippen molar-refractivity contribution in [3.8, 4) is 0 Å². The number of hydrogen-bond donors (Lipinski definition) is 1. The van der Waals surface area contributed by atoms with Crippen LogP contribution in [0.3, 0.4) is 0 Å². The number of nitrogens with two attached hydrogens (primary N) is 1. The van der Waals surface area contributed by atoms with E-state index in [0.29, 0.717) is 0 Å². The summed E-state index contributed by atoms with van der Waals surface area (Å²) < 4.78 is 4.58. The van der Waals surface area contributed by atoms with Crippen molar-refractivity contribution in [2.45, 2.75) is 26.4 Å². The molecule has 0 aromatic heterocycles. The fourth-order valence-electron chi connectivity index (χ4n) is 0.302. The van der Waals surface area contributed by atoms with E-state index >= 15 is 0 Å². The highest BCUT2D eigenvalue weighted by Crippen LogP contribution is 2.04. The Morgan fingerprint density at radius 2 is 1.78 bits per heavy atom. The Kier molecular flexibility index (Phi) is 4.76. The number of primary amides is 1. The van der Waals surface area contributed by atoms with Crippen LogP contribution in [0, 0.1) is 0 Å². The van der Waals surface area contributed by atoms with Gasteiger partial charge >= 0.3 is 6.09 Å². The van der Waals surface area contributed by atoms with E-state index in [2.05, 4.69) is 4.74 Å². The van der Waals surface area contributed by atoms with Crippen molar-refractivity contribution in [2.75, 3.05) is 0 Å². The van der Waals surface area contributed by atoms with Crippen LogP contribution in [-0.4, -0.2) is 11.7 Å². The van der Waals surface area contributed by atoms with Crippen molar-refractivity contribution in [1.29, 1.82) is 0 Å². The maximum absolute atomic E-state index is 10.0. The molecule has 2 N–H and O–H groups in total. The molecule has 0 radical (unpaired) electrons. The molecule has 0 spiro atoms. The lowest BCUT2D eigenvalue weighted by Crippen LogP contribution is -2.27. The SMILES string of the molecule is Br.CC(C)(C)OC(N)=O. The molecule has 9 heavy (non-hydrogen) atoms. The molecule has 0 aromatic carbocycles. The van der Waals surface area contributed by atoms with Gasteiger partial charge in [-0.05, 0) is 20.8 Å². The quantitative estimate of drug-likeness (QED) is 0.640. The number of carbonyl (C=O) groups excluding carboxylic acids is 1. The largest absolute Gasteiger partial charge is 0.444 e. The summed E-state index contributed by atoms with van der Waals surface area (Å²) in [6.07, 6.45) is -0.725. The minimum atomic E-state index is -0.725. The summed E-state index contributed by atoms with van der Waals surface area (Å²) in [5.41, 5.74) is 4.26. The second-order valence-electron chi connectivity index (χ2n) is 2.53. The zero-order chi connectivity index (χ0) is 6.78. The third-order valence-electron chi connectivity index (χ3n) is 0.407. The van der Waals surface area contributed by atoms with Gasteiger partial charge in [-0.25, -0.2) is 4.79 Å². The second kappa shape index (κ2) is 3.71. The molecule has 0 aromatic rings. The highest BCUT2D eigenvalue weighted by molar-refractivity contribution is 8.93. The van der Waals surface area contributed by atoms with E-state index in [1.165, 1.54) is 0 Å². The van der Waals surface area contributed by atoms with E-state index in [-0.39, 0.29) is 17.0 Å². The molecule has 0 aliphatic heterocycles. The number of halogens is 1. The number of ether oxygens (including phenoxy) is 1. The summed E-state index contributed by atoms with van der Waals surface area (Å²) >= 11 is 0. The zero-order valence-corrected chi connectivity index (χ0v) is 7.52. The average molecular weight is 198 g/mol. The van der Waals surface area contributed by atoms with Crippen LogP contribution in [0.25, 0.3) is 0 Å². The van der Waals surface area contributed by atoms with Gasteiger partial charge in [-0.3, -0.25) is 0 Å². The van der Waals surface area contributed by atoms with Crippen LogP contribution in [0.4, 0.5) is 4.79 Å². The van der Waals surface area contributed by atoms with Crippen LogP contribution in [0.1, 0.15) is 20.8 Å². The summed E-state index contributed by atoms with van der Waals surface area (Å²) in [5.74, 6) is 0. The molecule has 0 atom stereocenters. The van der Waals surface area contributed by atoms with E-state index in [9.17, 15) is 4.79 Å². The molecule has 4 heteroatoms. The topological polar surface area (TPSA) is 52.3 Å². The predicted octanol–water partition coefficient (Wildman–Crippen LogP) is 1.46. The molecule has 0 rings (SSSR count). The molecule has 0 saturated heterocycles. The zero-order valence-electron chi connectivity index (χ0n) is 5.80. The first-order valence-corrected chi connectivity index (χ1v) is 2.40. The number of carbonyl (C=O) groups is 1. The highest BCUT2D eigenvalue weighted by Gasteiger charge is 2.12. The molecule has 0 saturated carbocycles. The summed E-state index contributed by atoms with van der Waals surface area (Å²) in [7, 11) is 0. The standard InChI is InChI=1S/C5H11NO2.BrH/c1-5(2,3)8-4(6)7;/h1-3H3,(H2,6,7);1H. The Morgan fingerprint density at radius 3 is 1.78 bits per heavy atom. The molecule has 3 nitrogen and oxygen atoms in total. The predicted molar refractivity (Wildman–Crippen MR) is 40.7 cm³/mol. The van der Waals surface area contributed by atoms with Gasteiger partial charge in [0.25, 0.3) is 0 Å². The first-order chi connectivity index (χ1) is 3.42. The first kappa shape index (κ1) is 11.5. The number of rotatable bonds is 0. The normalized spacial score (nSPS) is 9.67. The molecular formula is C5H12BrNO2. The van der Waals surface area contributed by atoms with Gasteiger partial charge in [0.05, 0.1) is 0 Å². The van der Waals surface area contributed by atoms with Gasteiger partial charge in [-0.2, -0.15) is 0 Å². The Hall–Kier alpha value is -0.250. The maximum Gasteiger partial charge on any atom is 0.405 e. The fourth-order valence-corrected chi connectivity index (χ4v) is 0.302. The van der Waals surface area contributed by atoms with Gasteiger partial charge in [0.15, 0.2) is 0 Å². The lowest BCUT2D eigenvalue weighted by Gasteiger charge is -2.16. The van der Waals surface area contributed by atoms with Crippen LogP contribution >= 0.6 is 17.0 Å². The molecule has 0 heterocycles. The first-order valence-electron chi connectivity index (χ1n) is 2.40. The lowest BCUT2D eigenvalue weighted by molar-refractivity contribution is 0.0600. The fraction of sp³-hybridized carbons (Fsp3) is 0.800. The van der Waals surface area contributed by atoms with Crippen LogP contribution in [0.15, 0.2) is 0 Å². The molecule has 0 aliphatic rings. The smallest absolute Gasteiger partial charge is 0.405 e. The average Bonchev–Trinajstić information content (AvgIpc) is 1.21. The van der Waals surface area contributed by atoms with Crippen molar-refractivity contribution in [3.63, 3.8) is 0 Å². The van der Waals surface area contributed by atoms with Crippen molar-refractivity contribution in [3.05, 3.63) is 0 Å². The lowest BCUT2D eigenvalue weighted by atomic mass is 10.2. The molecule has 1 amide bonds. The van der Waals surface area contributed by atoms with Crippen molar-refractivity contribution in [2.24, 2.45) is 5.73 Å². The minimum Gasteiger partial charge on any atom is -0.444 e. The Balaban J connectivity index is 0. The molecular weight excluding hydrogens is 186 g/mol. The Bertz CT molecular complexity index is 97.6. The summed E-state index contributed by atoms with van der Waals surface area (Å²) in [5, 5.41) is 0. The molecule has 0 fully saturated rings. The summed E-state index contributed by atoms with van der Waals surface area (Å²) in [6, 6.07) is 0. The molecule has 56 valence electrons. The van der Waals surface area contributed by atoms with Crippen LogP contribution in [-0.2, 0) is 4.74 Å². The Labute approximate surface area is 65.3 Å². The summed E-state index contributed by atoms with van der Waals surface area (Å²) in [6.45, 7) is 5.28. The van der Waals surface area contributed by atoms with Crippen LogP contribution in [0.5, 0.6) is 0 Å². The van der Waals surface area contributed by atoms with Crippen LogP contribution in [0.2, 0.25) is 0 Å². The van der Waals surface area contributed by atoms with Gasteiger partial charge in [0, 0.05) is 0 Å². The molecule has 0 aliphatic carbocycles. The molecule has 0 bridgehead atoms. The van der Waals surface area contributed by atoms with Gasteiger partial charge < -0.3 is 10.5 Å². The third kappa shape index (κ3) is 11.4. The van der Waals surface area contributed by atoms with Gasteiger partial charge in [0.2, 0.25) is 0 Å².